The number of anilines is 1. The Bertz CT molecular complexity index is 571. The number of amides is 1. The summed E-state index contributed by atoms with van der Waals surface area (Å²) < 4.78 is 15.6. The van der Waals surface area contributed by atoms with Gasteiger partial charge in [-0.05, 0) is 12.1 Å². The summed E-state index contributed by atoms with van der Waals surface area (Å²) in [5.74, 6) is 1.30. The number of ether oxygens (including phenoxy) is 3. The number of aliphatic imine (C=N–C) groups is 1. The second-order valence-electron chi connectivity index (χ2n) is 4.89. The Labute approximate surface area is 135 Å². The smallest absolute Gasteiger partial charge is 0.244 e. The number of nitrogens with zero attached hydrogens (tertiary/aromatic N) is 2. The van der Waals surface area contributed by atoms with Gasteiger partial charge in [0.25, 0.3) is 0 Å². The Balaban J connectivity index is 1.92. The standard InChI is InChI=1S/C15H22N4O4/c1-21-12-4-3-11(9-13(12)22-2)18-15(16)17-10-14(20)19-5-7-23-8-6-19/h3-4,9H,5-8,10H2,1-2H3,(H3,16,17,18). The van der Waals surface area contributed by atoms with Crippen molar-refractivity contribution in [2.24, 2.45) is 10.7 Å². The molecule has 0 unspecified atom stereocenters. The molecular weight excluding hydrogens is 300 g/mol. The first-order chi connectivity index (χ1) is 11.1. The number of carbonyl (C=O) groups excluding carboxylic acids is 1. The summed E-state index contributed by atoms with van der Waals surface area (Å²) in [4.78, 5) is 17.8. The van der Waals surface area contributed by atoms with Crippen LogP contribution in [-0.2, 0) is 9.53 Å². The van der Waals surface area contributed by atoms with E-state index < -0.39 is 0 Å². The van der Waals surface area contributed by atoms with E-state index in [0.717, 1.165) is 0 Å². The van der Waals surface area contributed by atoms with Gasteiger partial charge in [0.05, 0.1) is 27.4 Å². The Morgan fingerprint density at radius 3 is 2.65 bits per heavy atom. The lowest BCUT2D eigenvalue weighted by atomic mass is 10.3. The molecule has 1 heterocycles. The molecular formula is C15H22N4O4. The molecule has 126 valence electrons. The SMILES string of the molecule is COc1ccc(NC(N)=NCC(=O)N2CCOCC2)cc1OC. The lowest BCUT2D eigenvalue weighted by Crippen LogP contribution is -2.42. The highest BCUT2D eigenvalue weighted by atomic mass is 16.5. The number of methoxy groups -OCH3 is 2. The second-order valence-corrected chi connectivity index (χ2v) is 4.89. The molecule has 1 amide bonds. The number of hydrogen-bond donors (Lipinski definition) is 2. The highest BCUT2D eigenvalue weighted by molar-refractivity contribution is 5.94. The predicted octanol–water partition coefficient (Wildman–Crippen LogP) is 0.289. The van der Waals surface area contributed by atoms with Crippen molar-refractivity contribution < 1.29 is 19.0 Å². The zero-order valence-corrected chi connectivity index (χ0v) is 13.4. The van der Waals surface area contributed by atoms with Crippen LogP contribution in [0.25, 0.3) is 0 Å². The molecule has 1 aliphatic heterocycles. The highest BCUT2D eigenvalue weighted by Gasteiger charge is 2.16. The average molecular weight is 322 g/mol. The molecule has 0 spiro atoms. The first-order valence-corrected chi connectivity index (χ1v) is 7.28. The zero-order chi connectivity index (χ0) is 16.7. The van der Waals surface area contributed by atoms with Crippen molar-refractivity contribution >= 4 is 17.6 Å². The molecule has 1 aromatic rings. The van der Waals surface area contributed by atoms with E-state index >= 15 is 0 Å². The van der Waals surface area contributed by atoms with Crippen molar-refractivity contribution in [1.82, 2.24) is 4.90 Å². The maximum absolute atomic E-state index is 12.0. The van der Waals surface area contributed by atoms with Crippen molar-refractivity contribution in [2.75, 3.05) is 52.4 Å². The van der Waals surface area contributed by atoms with E-state index in [1.54, 1.807) is 37.3 Å². The van der Waals surface area contributed by atoms with Gasteiger partial charge in [0.1, 0.15) is 6.54 Å². The number of hydrogen-bond acceptors (Lipinski definition) is 5. The van der Waals surface area contributed by atoms with Gasteiger partial charge >= 0.3 is 0 Å². The van der Waals surface area contributed by atoms with E-state index in [2.05, 4.69) is 10.3 Å². The molecule has 1 saturated heterocycles. The van der Waals surface area contributed by atoms with Crippen LogP contribution in [0.5, 0.6) is 11.5 Å². The minimum absolute atomic E-state index is 0.00607. The van der Waals surface area contributed by atoms with E-state index in [-0.39, 0.29) is 18.4 Å². The molecule has 0 aliphatic carbocycles. The minimum atomic E-state index is -0.0645. The van der Waals surface area contributed by atoms with Gasteiger partial charge in [-0.1, -0.05) is 0 Å². The Kier molecular flexibility index (Phi) is 6.04. The van der Waals surface area contributed by atoms with Crippen molar-refractivity contribution in [3.63, 3.8) is 0 Å². The topological polar surface area (TPSA) is 98.4 Å². The largest absolute Gasteiger partial charge is 0.493 e. The molecule has 0 bridgehead atoms. The number of guanidine groups is 1. The van der Waals surface area contributed by atoms with E-state index in [1.807, 2.05) is 0 Å². The third kappa shape index (κ3) is 4.75. The van der Waals surface area contributed by atoms with Crippen LogP contribution in [0.4, 0.5) is 5.69 Å². The molecule has 23 heavy (non-hydrogen) atoms. The van der Waals surface area contributed by atoms with Crippen LogP contribution < -0.4 is 20.5 Å². The minimum Gasteiger partial charge on any atom is -0.493 e. The summed E-state index contributed by atoms with van der Waals surface area (Å²) >= 11 is 0. The van der Waals surface area contributed by atoms with Crippen LogP contribution in [0, 0.1) is 0 Å². The summed E-state index contributed by atoms with van der Waals surface area (Å²) in [7, 11) is 3.12. The van der Waals surface area contributed by atoms with Crippen molar-refractivity contribution in [3.8, 4) is 11.5 Å². The summed E-state index contributed by atoms with van der Waals surface area (Å²) in [5, 5.41) is 2.92. The summed E-state index contributed by atoms with van der Waals surface area (Å²) in [6, 6.07) is 5.28. The quantitative estimate of drug-likeness (QED) is 0.597. The number of rotatable bonds is 5. The summed E-state index contributed by atoms with van der Waals surface area (Å²) in [6.07, 6.45) is 0. The molecule has 3 N–H and O–H groups in total. The van der Waals surface area contributed by atoms with Crippen molar-refractivity contribution in [3.05, 3.63) is 18.2 Å². The molecule has 1 aliphatic rings. The molecule has 2 rings (SSSR count). The molecule has 1 fully saturated rings. The highest BCUT2D eigenvalue weighted by Crippen LogP contribution is 2.29. The molecule has 1 aromatic carbocycles. The van der Waals surface area contributed by atoms with Gasteiger partial charge in [-0.15, -0.1) is 0 Å². The van der Waals surface area contributed by atoms with Gasteiger partial charge in [0, 0.05) is 24.8 Å². The monoisotopic (exact) mass is 322 g/mol. The first kappa shape index (κ1) is 16.9. The summed E-state index contributed by atoms with van der Waals surface area (Å²) in [6.45, 7) is 2.32. The summed E-state index contributed by atoms with van der Waals surface area (Å²) in [5.41, 5.74) is 6.51. The van der Waals surface area contributed by atoms with E-state index in [0.29, 0.717) is 43.5 Å². The van der Waals surface area contributed by atoms with Crippen LogP contribution in [0.2, 0.25) is 0 Å². The maximum Gasteiger partial charge on any atom is 0.244 e. The molecule has 8 nitrogen and oxygen atoms in total. The fourth-order valence-electron chi connectivity index (χ4n) is 2.17. The number of carbonyl (C=O) groups is 1. The predicted molar refractivity (Wildman–Crippen MR) is 87.1 cm³/mol. The molecule has 0 atom stereocenters. The fourth-order valence-corrected chi connectivity index (χ4v) is 2.17. The van der Waals surface area contributed by atoms with Crippen LogP contribution in [0.1, 0.15) is 0 Å². The maximum atomic E-state index is 12.0. The Hall–Kier alpha value is -2.48. The van der Waals surface area contributed by atoms with Gasteiger partial charge in [-0.25, -0.2) is 4.99 Å². The normalized spacial score (nSPS) is 15.2. The number of morpholine rings is 1. The zero-order valence-electron chi connectivity index (χ0n) is 13.4. The average Bonchev–Trinajstić information content (AvgIpc) is 2.60. The molecule has 0 radical (unpaired) electrons. The van der Waals surface area contributed by atoms with Gasteiger partial charge in [-0.3, -0.25) is 4.79 Å². The third-order valence-electron chi connectivity index (χ3n) is 3.40. The van der Waals surface area contributed by atoms with E-state index in [1.165, 1.54) is 0 Å². The van der Waals surface area contributed by atoms with E-state index in [4.69, 9.17) is 19.9 Å². The van der Waals surface area contributed by atoms with Crippen LogP contribution >= 0.6 is 0 Å². The van der Waals surface area contributed by atoms with E-state index in [9.17, 15) is 4.79 Å². The first-order valence-electron chi connectivity index (χ1n) is 7.28. The van der Waals surface area contributed by atoms with Gasteiger partial charge < -0.3 is 30.2 Å². The van der Waals surface area contributed by atoms with Gasteiger partial charge in [0.15, 0.2) is 17.5 Å². The van der Waals surface area contributed by atoms with Crippen molar-refractivity contribution in [1.29, 1.82) is 0 Å². The van der Waals surface area contributed by atoms with Crippen LogP contribution in [-0.4, -0.2) is 63.8 Å². The van der Waals surface area contributed by atoms with Crippen LogP contribution in [0.3, 0.4) is 0 Å². The van der Waals surface area contributed by atoms with Crippen LogP contribution in [0.15, 0.2) is 23.2 Å². The molecule has 8 heteroatoms. The lowest BCUT2D eigenvalue weighted by molar-refractivity contribution is -0.133. The van der Waals surface area contributed by atoms with Gasteiger partial charge in [-0.2, -0.15) is 0 Å². The fraction of sp³-hybridized carbons (Fsp3) is 0.467. The molecule has 0 aromatic heterocycles. The third-order valence-corrected chi connectivity index (χ3v) is 3.40. The molecule has 0 saturated carbocycles. The lowest BCUT2D eigenvalue weighted by Gasteiger charge is -2.26. The van der Waals surface area contributed by atoms with Gasteiger partial charge in [0.2, 0.25) is 5.91 Å². The number of nitrogens with one attached hydrogen (secondary N) is 1. The number of benzene rings is 1. The Morgan fingerprint density at radius 2 is 2.00 bits per heavy atom. The van der Waals surface area contributed by atoms with Crippen molar-refractivity contribution in [2.45, 2.75) is 0 Å². The second kappa shape index (κ2) is 8.23. The Morgan fingerprint density at radius 1 is 1.30 bits per heavy atom. The number of nitrogens with two attached hydrogens (primary N) is 1.